The molecule has 0 fully saturated rings. The van der Waals surface area contributed by atoms with Gasteiger partial charge >= 0.3 is 5.63 Å². The number of amides is 1. The summed E-state index contributed by atoms with van der Waals surface area (Å²) in [7, 11) is 0. The molecule has 0 spiro atoms. The number of hydrogen-bond acceptors (Lipinski definition) is 7. The van der Waals surface area contributed by atoms with Gasteiger partial charge in [0.25, 0.3) is 5.69 Å². The molecule has 0 aliphatic rings. The maximum atomic E-state index is 11.8. The molecule has 1 aromatic heterocycles. The number of carbonyl (C=O) groups is 1. The number of rotatable bonds is 8. The van der Waals surface area contributed by atoms with E-state index in [1.165, 1.54) is 36.5 Å². The van der Waals surface area contributed by atoms with Crippen molar-refractivity contribution >= 4 is 28.8 Å². The summed E-state index contributed by atoms with van der Waals surface area (Å²) in [5.74, 6) is 0.268. The van der Waals surface area contributed by atoms with Crippen LogP contribution in [0.3, 0.4) is 0 Å². The lowest BCUT2D eigenvalue weighted by Gasteiger charge is -2.07. The lowest BCUT2D eigenvalue weighted by Crippen LogP contribution is -2.18. The summed E-state index contributed by atoms with van der Waals surface area (Å²) in [6.45, 7) is 2.14. The highest BCUT2D eigenvalue weighted by atomic mass is 16.6. The first kappa shape index (κ1) is 20.7. The standard InChI is InChI=1S/C21H19N3O6/c1-14-11-21(26)30-19-12-17(8-9-18(14)19)29-10-2-3-20(25)23-22-13-15-4-6-16(7-5-15)24(27)28/h4-9,11-13H,2-3,10H2,1H3,(H,23,25). The molecule has 9 heteroatoms. The topological polar surface area (TPSA) is 124 Å². The molecule has 1 N–H and O–H groups in total. The third-order valence-corrected chi connectivity index (χ3v) is 4.25. The minimum absolute atomic E-state index is 0.0140. The Morgan fingerprint density at radius 3 is 2.73 bits per heavy atom. The molecule has 0 radical (unpaired) electrons. The molecule has 9 nitrogen and oxygen atoms in total. The molecule has 0 bridgehead atoms. The van der Waals surface area contributed by atoms with E-state index in [4.69, 9.17) is 9.15 Å². The Kier molecular flexibility index (Phi) is 6.53. The Hall–Kier alpha value is -4.01. The Bertz CT molecular complexity index is 1150. The fraction of sp³-hybridized carbons (Fsp3) is 0.190. The molecule has 3 rings (SSSR count). The minimum atomic E-state index is -0.487. The van der Waals surface area contributed by atoms with Gasteiger partial charge in [0.2, 0.25) is 5.91 Å². The van der Waals surface area contributed by atoms with Crippen molar-refractivity contribution in [3.8, 4) is 5.75 Å². The predicted molar refractivity (Wildman–Crippen MR) is 111 cm³/mol. The van der Waals surface area contributed by atoms with Gasteiger partial charge in [0.15, 0.2) is 0 Å². The van der Waals surface area contributed by atoms with E-state index in [0.717, 1.165) is 10.9 Å². The van der Waals surface area contributed by atoms with Crippen molar-refractivity contribution in [3.05, 3.63) is 80.2 Å². The number of nitro groups is 1. The highest BCUT2D eigenvalue weighted by Gasteiger charge is 2.05. The maximum Gasteiger partial charge on any atom is 0.336 e. The van der Waals surface area contributed by atoms with E-state index in [1.54, 1.807) is 12.1 Å². The Morgan fingerprint density at radius 1 is 1.23 bits per heavy atom. The van der Waals surface area contributed by atoms with E-state index in [2.05, 4.69) is 10.5 Å². The maximum absolute atomic E-state index is 11.8. The molecule has 0 unspecified atom stereocenters. The molecule has 0 atom stereocenters. The molecule has 1 heterocycles. The second kappa shape index (κ2) is 9.46. The van der Waals surface area contributed by atoms with E-state index in [1.807, 2.05) is 13.0 Å². The van der Waals surface area contributed by atoms with Crippen molar-refractivity contribution < 1.29 is 18.9 Å². The lowest BCUT2D eigenvalue weighted by molar-refractivity contribution is -0.384. The zero-order valence-electron chi connectivity index (χ0n) is 16.2. The Labute approximate surface area is 171 Å². The zero-order chi connectivity index (χ0) is 21.5. The minimum Gasteiger partial charge on any atom is -0.493 e. The van der Waals surface area contributed by atoms with Crippen LogP contribution < -0.4 is 15.8 Å². The SMILES string of the molecule is Cc1cc(=O)oc2cc(OCCCC(=O)NN=Cc3ccc([N+](=O)[O-])cc3)ccc12. The number of nitro benzene ring substituents is 1. The van der Waals surface area contributed by atoms with Crippen LogP contribution in [0.5, 0.6) is 5.75 Å². The van der Waals surface area contributed by atoms with Crippen molar-refractivity contribution in [1.29, 1.82) is 0 Å². The van der Waals surface area contributed by atoms with Crippen LogP contribution in [0.25, 0.3) is 11.0 Å². The number of benzene rings is 2. The number of hydrazone groups is 1. The third kappa shape index (κ3) is 5.51. The van der Waals surface area contributed by atoms with Crippen LogP contribution in [-0.4, -0.2) is 23.7 Å². The van der Waals surface area contributed by atoms with Gasteiger partial charge < -0.3 is 9.15 Å². The molecular formula is C21H19N3O6. The van der Waals surface area contributed by atoms with Gasteiger partial charge in [0, 0.05) is 36.1 Å². The normalized spacial score (nSPS) is 11.0. The van der Waals surface area contributed by atoms with E-state index in [9.17, 15) is 19.7 Å². The molecule has 0 saturated heterocycles. The second-order valence-electron chi connectivity index (χ2n) is 6.50. The van der Waals surface area contributed by atoms with Crippen molar-refractivity contribution in [3.63, 3.8) is 0 Å². The monoisotopic (exact) mass is 409 g/mol. The van der Waals surface area contributed by atoms with E-state index in [0.29, 0.717) is 29.9 Å². The predicted octanol–water partition coefficient (Wildman–Crippen LogP) is 3.32. The number of ether oxygens (including phenoxy) is 1. The summed E-state index contributed by atoms with van der Waals surface area (Å²) in [4.78, 5) is 33.4. The fourth-order valence-electron chi connectivity index (χ4n) is 2.73. The number of hydrogen-bond donors (Lipinski definition) is 1. The largest absolute Gasteiger partial charge is 0.493 e. The second-order valence-corrected chi connectivity index (χ2v) is 6.50. The highest BCUT2D eigenvalue weighted by Crippen LogP contribution is 2.22. The van der Waals surface area contributed by atoms with E-state index >= 15 is 0 Å². The van der Waals surface area contributed by atoms with Crippen LogP contribution >= 0.6 is 0 Å². The van der Waals surface area contributed by atoms with Gasteiger partial charge in [-0.25, -0.2) is 10.2 Å². The molecule has 1 amide bonds. The molecule has 0 saturated carbocycles. The van der Waals surface area contributed by atoms with Gasteiger partial charge in [0.05, 0.1) is 17.7 Å². The van der Waals surface area contributed by atoms with Crippen LogP contribution in [0.1, 0.15) is 24.0 Å². The molecule has 0 aliphatic heterocycles. The first-order valence-corrected chi connectivity index (χ1v) is 9.16. The van der Waals surface area contributed by atoms with E-state index in [-0.39, 0.29) is 18.0 Å². The molecule has 154 valence electrons. The van der Waals surface area contributed by atoms with Gasteiger partial charge in [0.1, 0.15) is 11.3 Å². The van der Waals surface area contributed by atoms with Gasteiger partial charge in [-0.1, -0.05) is 0 Å². The summed E-state index contributed by atoms with van der Waals surface area (Å²) < 4.78 is 10.8. The lowest BCUT2D eigenvalue weighted by atomic mass is 10.1. The van der Waals surface area contributed by atoms with E-state index < -0.39 is 10.5 Å². The van der Waals surface area contributed by atoms with Crippen molar-refractivity contribution in [1.82, 2.24) is 5.43 Å². The van der Waals surface area contributed by atoms with Crippen LogP contribution in [0, 0.1) is 17.0 Å². The van der Waals surface area contributed by atoms with Crippen LogP contribution in [0.15, 0.2) is 62.8 Å². The summed E-state index contributed by atoms with van der Waals surface area (Å²) in [6.07, 6.45) is 2.08. The molecular weight excluding hydrogens is 390 g/mol. The molecule has 2 aromatic carbocycles. The Balaban J connectivity index is 1.43. The van der Waals surface area contributed by atoms with Crippen LogP contribution in [0.2, 0.25) is 0 Å². The van der Waals surface area contributed by atoms with Gasteiger partial charge in [-0.05, 0) is 48.7 Å². The molecule has 3 aromatic rings. The number of non-ortho nitro benzene ring substituents is 1. The van der Waals surface area contributed by atoms with Crippen molar-refractivity contribution in [2.75, 3.05) is 6.61 Å². The fourth-order valence-corrected chi connectivity index (χ4v) is 2.73. The number of aryl methyl sites for hydroxylation is 1. The number of nitrogens with one attached hydrogen (secondary N) is 1. The molecule has 0 aliphatic carbocycles. The zero-order valence-corrected chi connectivity index (χ0v) is 16.2. The first-order valence-electron chi connectivity index (χ1n) is 9.16. The van der Waals surface area contributed by atoms with Crippen LogP contribution in [0.4, 0.5) is 5.69 Å². The van der Waals surface area contributed by atoms with Gasteiger partial charge in [-0.15, -0.1) is 0 Å². The smallest absolute Gasteiger partial charge is 0.336 e. The number of carbonyl (C=O) groups excluding carboxylic acids is 1. The first-order chi connectivity index (χ1) is 14.4. The van der Waals surface area contributed by atoms with Gasteiger partial charge in [-0.2, -0.15) is 5.10 Å². The summed E-state index contributed by atoms with van der Waals surface area (Å²) in [5, 5.41) is 15.3. The third-order valence-electron chi connectivity index (χ3n) is 4.25. The summed E-state index contributed by atoms with van der Waals surface area (Å²) in [5.41, 5.74) is 3.88. The Morgan fingerprint density at radius 2 is 2.00 bits per heavy atom. The number of fused-ring (bicyclic) bond motifs is 1. The van der Waals surface area contributed by atoms with Gasteiger partial charge in [-0.3, -0.25) is 14.9 Å². The van der Waals surface area contributed by atoms with Crippen LogP contribution in [-0.2, 0) is 4.79 Å². The molecule has 30 heavy (non-hydrogen) atoms. The number of nitrogens with zero attached hydrogens (tertiary/aromatic N) is 2. The summed E-state index contributed by atoms with van der Waals surface area (Å²) >= 11 is 0. The summed E-state index contributed by atoms with van der Waals surface area (Å²) in [6, 6.07) is 12.5. The highest BCUT2D eigenvalue weighted by molar-refractivity contribution is 5.83. The average molecular weight is 409 g/mol. The quantitative estimate of drug-likeness (QED) is 0.200. The van der Waals surface area contributed by atoms with Crippen molar-refractivity contribution in [2.45, 2.75) is 19.8 Å². The average Bonchev–Trinajstić information content (AvgIpc) is 2.71. The van der Waals surface area contributed by atoms with Crippen molar-refractivity contribution in [2.24, 2.45) is 5.10 Å².